The number of hydrogen-bond donors (Lipinski definition) is 1. The van der Waals surface area contributed by atoms with Crippen LogP contribution in [-0.4, -0.2) is 15.3 Å². The summed E-state index contributed by atoms with van der Waals surface area (Å²) in [6.07, 6.45) is 5.27. The van der Waals surface area contributed by atoms with E-state index in [0.717, 1.165) is 31.4 Å². The van der Waals surface area contributed by atoms with Crippen LogP contribution in [-0.2, 0) is 12.8 Å². The molecule has 122 valence electrons. The molecule has 0 radical (unpaired) electrons. The number of halogens is 1. The summed E-state index contributed by atoms with van der Waals surface area (Å²) in [5.74, 6) is -0.926. The van der Waals surface area contributed by atoms with E-state index in [4.69, 9.17) is 0 Å². The molecule has 2 aromatic heterocycles. The fourth-order valence-electron chi connectivity index (χ4n) is 2.96. The van der Waals surface area contributed by atoms with Gasteiger partial charge in [-0.25, -0.2) is 9.37 Å². The summed E-state index contributed by atoms with van der Waals surface area (Å²) >= 11 is 1.52. The van der Waals surface area contributed by atoms with E-state index in [0.29, 0.717) is 10.6 Å². The molecule has 0 bridgehead atoms. The highest BCUT2D eigenvalue weighted by molar-refractivity contribution is 7.17. The normalized spacial score (nSPS) is 13.7. The number of fused-ring (bicyclic) bond motifs is 3. The molecule has 0 atom stereocenters. The number of anilines is 1. The molecular weight excluding hydrogens is 329 g/mol. The van der Waals surface area contributed by atoms with Gasteiger partial charge < -0.3 is 5.32 Å². The van der Waals surface area contributed by atoms with Crippen molar-refractivity contribution in [1.82, 2.24) is 9.38 Å². The van der Waals surface area contributed by atoms with Crippen molar-refractivity contribution in [2.45, 2.75) is 25.7 Å². The lowest BCUT2D eigenvalue weighted by atomic mass is 10.0. The van der Waals surface area contributed by atoms with E-state index >= 15 is 0 Å². The van der Waals surface area contributed by atoms with Gasteiger partial charge in [-0.05, 0) is 49.9 Å². The highest BCUT2D eigenvalue weighted by atomic mass is 32.1. The van der Waals surface area contributed by atoms with Gasteiger partial charge in [0.1, 0.15) is 11.4 Å². The minimum absolute atomic E-state index is 0.0111. The number of nitrogens with one attached hydrogen (secondary N) is 1. The number of carbonyl (C=O) groups excluding carboxylic acids is 1. The molecule has 0 unspecified atom stereocenters. The van der Waals surface area contributed by atoms with Crippen LogP contribution in [0, 0.1) is 5.82 Å². The molecule has 5 nitrogen and oxygen atoms in total. The molecule has 2 heterocycles. The summed E-state index contributed by atoms with van der Waals surface area (Å²) in [5, 5.41) is 2.61. The molecule has 1 N–H and O–H groups in total. The Hall–Kier alpha value is -2.54. The van der Waals surface area contributed by atoms with Crippen molar-refractivity contribution in [3.8, 4) is 0 Å². The van der Waals surface area contributed by atoms with Crippen LogP contribution in [0.3, 0.4) is 0 Å². The van der Waals surface area contributed by atoms with Crippen molar-refractivity contribution in [3.05, 3.63) is 62.8 Å². The Morgan fingerprint density at radius 3 is 2.75 bits per heavy atom. The first-order valence-corrected chi connectivity index (χ1v) is 8.54. The number of aryl methyl sites for hydroxylation is 2. The molecule has 0 spiro atoms. The van der Waals surface area contributed by atoms with Crippen molar-refractivity contribution in [3.63, 3.8) is 0 Å². The van der Waals surface area contributed by atoms with Gasteiger partial charge in [0.05, 0.1) is 0 Å². The van der Waals surface area contributed by atoms with Gasteiger partial charge >= 0.3 is 0 Å². The average Bonchev–Trinajstić information content (AvgIpc) is 2.96. The third-order valence-corrected chi connectivity index (χ3v) is 5.31. The number of amides is 1. The van der Waals surface area contributed by atoms with E-state index in [2.05, 4.69) is 10.3 Å². The average molecular weight is 343 g/mol. The topological polar surface area (TPSA) is 63.5 Å². The molecule has 1 amide bonds. The first kappa shape index (κ1) is 15.0. The zero-order valence-corrected chi connectivity index (χ0v) is 13.5. The van der Waals surface area contributed by atoms with Crippen LogP contribution in [0.1, 0.15) is 33.8 Å². The quantitative estimate of drug-likeness (QED) is 0.778. The number of carbonyl (C=O) groups is 1. The molecule has 0 aliphatic heterocycles. The SMILES string of the molecule is O=C(Nc1ccc(F)cc1)c1cnc2sc3c(n2c1=O)CCCC3. The minimum Gasteiger partial charge on any atom is -0.322 e. The second-order valence-electron chi connectivity index (χ2n) is 5.74. The first-order chi connectivity index (χ1) is 11.6. The molecule has 1 aromatic carbocycles. The van der Waals surface area contributed by atoms with Gasteiger partial charge in [-0.1, -0.05) is 0 Å². The smallest absolute Gasteiger partial charge is 0.271 e. The van der Waals surface area contributed by atoms with E-state index in [1.807, 2.05) is 0 Å². The fraction of sp³-hybridized carbons (Fsp3) is 0.235. The molecule has 0 saturated heterocycles. The highest BCUT2D eigenvalue weighted by Crippen LogP contribution is 2.28. The molecule has 0 saturated carbocycles. The lowest BCUT2D eigenvalue weighted by molar-refractivity contribution is 0.102. The van der Waals surface area contributed by atoms with Crippen LogP contribution in [0.15, 0.2) is 35.3 Å². The minimum atomic E-state index is -0.538. The summed E-state index contributed by atoms with van der Waals surface area (Å²) in [5.41, 5.74) is 1.05. The van der Waals surface area contributed by atoms with E-state index in [9.17, 15) is 14.0 Å². The molecule has 7 heteroatoms. The standard InChI is InChI=1S/C17H14FN3O2S/c18-10-5-7-11(8-6-10)20-15(22)12-9-19-17-21(16(12)23)13-3-1-2-4-14(13)24-17/h5-9H,1-4H2,(H,20,22). The monoisotopic (exact) mass is 343 g/mol. The summed E-state index contributed by atoms with van der Waals surface area (Å²) < 4.78 is 14.5. The van der Waals surface area contributed by atoms with Crippen molar-refractivity contribution in [1.29, 1.82) is 0 Å². The van der Waals surface area contributed by atoms with Gasteiger partial charge in [-0.3, -0.25) is 14.0 Å². The third-order valence-electron chi connectivity index (χ3n) is 4.15. The maximum Gasteiger partial charge on any atom is 0.271 e. The Balaban J connectivity index is 1.74. The third kappa shape index (κ3) is 2.50. The Bertz CT molecular complexity index is 991. The number of nitrogens with zero attached hydrogens (tertiary/aromatic N) is 2. The number of aromatic nitrogens is 2. The van der Waals surface area contributed by atoms with Crippen molar-refractivity contribution < 1.29 is 9.18 Å². The largest absolute Gasteiger partial charge is 0.322 e. The van der Waals surface area contributed by atoms with Crippen molar-refractivity contribution in [2.24, 2.45) is 0 Å². The predicted molar refractivity (Wildman–Crippen MR) is 90.3 cm³/mol. The summed E-state index contributed by atoms with van der Waals surface area (Å²) in [6, 6.07) is 5.39. The predicted octanol–water partition coefficient (Wildman–Crippen LogP) is 3.03. The fourth-order valence-corrected chi connectivity index (χ4v) is 4.12. The molecule has 24 heavy (non-hydrogen) atoms. The lowest BCUT2D eigenvalue weighted by Gasteiger charge is -2.10. The van der Waals surface area contributed by atoms with Crippen LogP contribution in [0.5, 0.6) is 0 Å². The maximum atomic E-state index is 12.9. The highest BCUT2D eigenvalue weighted by Gasteiger charge is 2.21. The van der Waals surface area contributed by atoms with Crippen LogP contribution < -0.4 is 10.9 Å². The Kier molecular flexibility index (Phi) is 3.65. The van der Waals surface area contributed by atoms with E-state index < -0.39 is 5.91 Å². The zero-order chi connectivity index (χ0) is 16.7. The van der Waals surface area contributed by atoms with Crippen LogP contribution >= 0.6 is 11.3 Å². The second-order valence-corrected chi connectivity index (χ2v) is 6.80. The number of rotatable bonds is 2. The van der Waals surface area contributed by atoms with Gasteiger partial charge in [0.25, 0.3) is 11.5 Å². The summed E-state index contributed by atoms with van der Waals surface area (Å²) in [7, 11) is 0. The maximum absolute atomic E-state index is 12.9. The Labute approximate surface area is 140 Å². The number of benzene rings is 1. The molecular formula is C17H14FN3O2S. The van der Waals surface area contributed by atoms with Crippen molar-refractivity contribution >= 4 is 27.9 Å². The van der Waals surface area contributed by atoms with Crippen LogP contribution in [0.25, 0.3) is 4.96 Å². The van der Waals surface area contributed by atoms with E-state index in [1.165, 1.54) is 46.7 Å². The van der Waals surface area contributed by atoms with E-state index in [-0.39, 0.29) is 16.9 Å². The van der Waals surface area contributed by atoms with Crippen LogP contribution in [0.2, 0.25) is 0 Å². The number of thiazole rings is 1. The Morgan fingerprint density at radius 1 is 1.21 bits per heavy atom. The van der Waals surface area contributed by atoms with Gasteiger partial charge in [0.15, 0.2) is 4.96 Å². The molecule has 4 rings (SSSR count). The Morgan fingerprint density at radius 2 is 1.96 bits per heavy atom. The van der Waals surface area contributed by atoms with Crippen LogP contribution in [0.4, 0.5) is 10.1 Å². The number of hydrogen-bond acceptors (Lipinski definition) is 4. The van der Waals surface area contributed by atoms with Gasteiger partial charge in [0.2, 0.25) is 0 Å². The van der Waals surface area contributed by atoms with Gasteiger partial charge in [-0.15, -0.1) is 11.3 Å². The van der Waals surface area contributed by atoms with E-state index in [1.54, 1.807) is 4.40 Å². The summed E-state index contributed by atoms with van der Waals surface area (Å²) in [6.45, 7) is 0. The second kappa shape index (κ2) is 5.83. The van der Waals surface area contributed by atoms with Gasteiger partial charge in [0, 0.05) is 22.5 Å². The molecule has 3 aromatic rings. The molecule has 0 fully saturated rings. The zero-order valence-electron chi connectivity index (χ0n) is 12.7. The van der Waals surface area contributed by atoms with Crippen molar-refractivity contribution in [2.75, 3.05) is 5.32 Å². The first-order valence-electron chi connectivity index (χ1n) is 7.73. The molecule has 1 aliphatic carbocycles. The van der Waals surface area contributed by atoms with Gasteiger partial charge in [-0.2, -0.15) is 0 Å². The lowest BCUT2D eigenvalue weighted by Crippen LogP contribution is -2.27. The molecule has 1 aliphatic rings. The summed E-state index contributed by atoms with van der Waals surface area (Å²) in [4.78, 5) is 31.3.